The second-order valence-electron chi connectivity index (χ2n) is 7.48. The first-order valence-corrected chi connectivity index (χ1v) is 11.3. The van der Waals surface area contributed by atoms with Crippen molar-refractivity contribution in [2.75, 3.05) is 12.0 Å². The number of aryl methyl sites for hydroxylation is 1. The van der Waals surface area contributed by atoms with Crippen LogP contribution in [0.2, 0.25) is 0 Å². The number of nitrogens with one attached hydrogen (secondary N) is 1. The molecule has 6 heteroatoms. The zero-order chi connectivity index (χ0) is 20.4. The molecular weight excluding hydrogens is 384 g/mol. The Morgan fingerprint density at radius 2 is 1.76 bits per heavy atom. The Hall–Kier alpha value is -2.60. The smallest absolute Gasteiger partial charge is 0.262 e. The van der Waals surface area contributed by atoms with Gasteiger partial charge < -0.3 is 5.32 Å². The third-order valence-corrected chi connectivity index (χ3v) is 6.37. The number of carbonyl (C=O) groups is 3. The SMILES string of the molecule is CSCC[C@H](C(=O)N[C@H]1CCCc2ccccc21)N1C(=O)c2ccccc2C1=O. The molecular formula is C23H24N2O3S. The van der Waals surface area contributed by atoms with E-state index < -0.39 is 6.04 Å². The van der Waals surface area contributed by atoms with Crippen molar-refractivity contribution in [2.24, 2.45) is 0 Å². The average Bonchev–Trinajstić information content (AvgIpc) is 3.00. The first-order valence-electron chi connectivity index (χ1n) is 9.96. The highest BCUT2D eigenvalue weighted by molar-refractivity contribution is 7.98. The van der Waals surface area contributed by atoms with Crippen molar-refractivity contribution < 1.29 is 14.4 Å². The van der Waals surface area contributed by atoms with E-state index in [-0.39, 0.29) is 23.8 Å². The van der Waals surface area contributed by atoms with Gasteiger partial charge in [-0.05, 0) is 61.0 Å². The Morgan fingerprint density at radius 3 is 2.45 bits per heavy atom. The zero-order valence-corrected chi connectivity index (χ0v) is 17.2. The van der Waals surface area contributed by atoms with Gasteiger partial charge in [-0.3, -0.25) is 19.3 Å². The molecule has 0 aromatic heterocycles. The van der Waals surface area contributed by atoms with Gasteiger partial charge in [0.15, 0.2) is 0 Å². The van der Waals surface area contributed by atoms with Crippen LogP contribution in [-0.2, 0) is 11.2 Å². The number of thioether (sulfide) groups is 1. The van der Waals surface area contributed by atoms with Gasteiger partial charge in [-0.15, -0.1) is 0 Å². The molecule has 3 amide bonds. The summed E-state index contributed by atoms with van der Waals surface area (Å²) < 4.78 is 0. The lowest BCUT2D eigenvalue weighted by molar-refractivity contribution is -0.126. The van der Waals surface area contributed by atoms with Gasteiger partial charge in [0.1, 0.15) is 6.04 Å². The normalized spacial score (nSPS) is 18.9. The summed E-state index contributed by atoms with van der Waals surface area (Å²) in [4.78, 5) is 40.3. The molecule has 29 heavy (non-hydrogen) atoms. The molecule has 2 aromatic rings. The highest BCUT2D eigenvalue weighted by Crippen LogP contribution is 2.31. The number of rotatable bonds is 6. The van der Waals surface area contributed by atoms with Crippen LogP contribution < -0.4 is 5.32 Å². The highest BCUT2D eigenvalue weighted by Gasteiger charge is 2.42. The van der Waals surface area contributed by atoms with E-state index in [9.17, 15) is 14.4 Å². The third-order valence-electron chi connectivity index (χ3n) is 5.72. The van der Waals surface area contributed by atoms with Crippen LogP contribution in [0.5, 0.6) is 0 Å². The van der Waals surface area contributed by atoms with Gasteiger partial charge in [-0.1, -0.05) is 36.4 Å². The Morgan fingerprint density at radius 1 is 1.10 bits per heavy atom. The van der Waals surface area contributed by atoms with Crippen molar-refractivity contribution >= 4 is 29.5 Å². The van der Waals surface area contributed by atoms with Crippen LogP contribution in [0.3, 0.4) is 0 Å². The minimum absolute atomic E-state index is 0.0839. The number of fused-ring (bicyclic) bond motifs is 2. The van der Waals surface area contributed by atoms with Gasteiger partial charge in [0.2, 0.25) is 5.91 Å². The second-order valence-corrected chi connectivity index (χ2v) is 8.46. The van der Waals surface area contributed by atoms with Crippen molar-refractivity contribution in [2.45, 2.75) is 37.8 Å². The van der Waals surface area contributed by atoms with Crippen molar-refractivity contribution in [1.82, 2.24) is 10.2 Å². The fourth-order valence-corrected chi connectivity index (χ4v) is 4.73. The maximum absolute atomic E-state index is 13.3. The lowest BCUT2D eigenvalue weighted by Gasteiger charge is -2.30. The van der Waals surface area contributed by atoms with Gasteiger partial charge in [0, 0.05) is 0 Å². The molecule has 0 saturated carbocycles. The first kappa shape index (κ1) is 19.7. The summed E-state index contributed by atoms with van der Waals surface area (Å²) in [5, 5.41) is 3.13. The topological polar surface area (TPSA) is 66.5 Å². The van der Waals surface area contributed by atoms with E-state index in [1.54, 1.807) is 36.0 Å². The lowest BCUT2D eigenvalue weighted by atomic mass is 9.87. The van der Waals surface area contributed by atoms with Gasteiger partial charge in [0.05, 0.1) is 17.2 Å². The van der Waals surface area contributed by atoms with Crippen LogP contribution in [-0.4, -0.2) is 40.7 Å². The molecule has 5 nitrogen and oxygen atoms in total. The van der Waals surface area contributed by atoms with Gasteiger partial charge >= 0.3 is 0 Å². The van der Waals surface area contributed by atoms with E-state index in [1.807, 2.05) is 18.4 Å². The monoisotopic (exact) mass is 408 g/mol. The Bertz CT molecular complexity index is 924. The molecule has 2 aromatic carbocycles. The number of imide groups is 1. The van der Waals surface area contributed by atoms with Crippen LogP contribution in [0.25, 0.3) is 0 Å². The predicted octanol–water partition coefficient (Wildman–Crippen LogP) is 3.60. The Labute approximate surface area is 174 Å². The van der Waals surface area contributed by atoms with E-state index in [2.05, 4.69) is 17.4 Å². The Kier molecular flexibility index (Phi) is 5.72. The predicted molar refractivity (Wildman–Crippen MR) is 114 cm³/mol. The molecule has 2 aliphatic rings. The third kappa shape index (κ3) is 3.69. The zero-order valence-electron chi connectivity index (χ0n) is 16.4. The fraction of sp³-hybridized carbons (Fsp3) is 0.348. The summed E-state index contributed by atoms with van der Waals surface area (Å²) in [5.74, 6) is -0.325. The summed E-state index contributed by atoms with van der Waals surface area (Å²) in [6.07, 6.45) is 5.27. The molecule has 0 radical (unpaired) electrons. The van der Waals surface area contributed by atoms with Crippen LogP contribution in [0, 0.1) is 0 Å². The Balaban J connectivity index is 1.59. The molecule has 0 bridgehead atoms. The highest BCUT2D eigenvalue weighted by atomic mass is 32.2. The van der Waals surface area contributed by atoms with Gasteiger partial charge in [-0.25, -0.2) is 0 Å². The molecule has 0 spiro atoms. The number of benzene rings is 2. The van der Waals surface area contributed by atoms with E-state index in [0.29, 0.717) is 23.3 Å². The van der Waals surface area contributed by atoms with Gasteiger partial charge in [0.25, 0.3) is 11.8 Å². The summed E-state index contributed by atoms with van der Waals surface area (Å²) in [6, 6.07) is 14.0. The number of carbonyl (C=O) groups excluding carboxylic acids is 3. The van der Waals surface area contributed by atoms with E-state index in [4.69, 9.17) is 0 Å². The minimum Gasteiger partial charge on any atom is -0.347 e. The molecule has 1 heterocycles. The van der Waals surface area contributed by atoms with Crippen LogP contribution in [0.1, 0.15) is 57.1 Å². The van der Waals surface area contributed by atoms with E-state index in [0.717, 1.165) is 29.7 Å². The number of hydrogen-bond donors (Lipinski definition) is 1. The minimum atomic E-state index is -0.802. The molecule has 4 rings (SSSR count). The maximum atomic E-state index is 13.3. The van der Waals surface area contributed by atoms with Crippen molar-refractivity contribution in [3.05, 3.63) is 70.8 Å². The maximum Gasteiger partial charge on any atom is 0.262 e. The molecule has 1 aliphatic carbocycles. The number of hydrogen-bond acceptors (Lipinski definition) is 4. The van der Waals surface area contributed by atoms with Crippen LogP contribution in [0.4, 0.5) is 0 Å². The standard InChI is InChI=1S/C23H24N2O3S/c1-29-14-13-20(25-22(27)17-10-4-5-11-18(17)23(25)28)21(26)24-19-12-6-8-15-7-2-3-9-16(15)19/h2-5,7,9-11,19-20H,6,8,12-14H2,1H3,(H,24,26)/t19-,20+/m0/s1. The van der Waals surface area contributed by atoms with Gasteiger partial charge in [-0.2, -0.15) is 11.8 Å². The fourth-order valence-electron chi connectivity index (χ4n) is 4.27. The molecule has 150 valence electrons. The molecule has 0 unspecified atom stereocenters. The van der Waals surface area contributed by atoms with Crippen molar-refractivity contribution in [1.29, 1.82) is 0 Å². The summed E-state index contributed by atoms with van der Waals surface area (Å²) in [6.45, 7) is 0. The lowest BCUT2D eigenvalue weighted by Crippen LogP contribution is -2.50. The van der Waals surface area contributed by atoms with Crippen LogP contribution in [0.15, 0.2) is 48.5 Å². The largest absolute Gasteiger partial charge is 0.347 e. The quantitative estimate of drug-likeness (QED) is 0.742. The second kappa shape index (κ2) is 8.41. The molecule has 0 saturated heterocycles. The number of nitrogens with zero attached hydrogens (tertiary/aromatic N) is 1. The van der Waals surface area contributed by atoms with E-state index >= 15 is 0 Å². The van der Waals surface area contributed by atoms with Crippen molar-refractivity contribution in [3.8, 4) is 0 Å². The molecule has 2 atom stereocenters. The average molecular weight is 409 g/mol. The summed E-state index contributed by atoms with van der Waals surface area (Å²) in [5.41, 5.74) is 3.15. The van der Waals surface area contributed by atoms with E-state index in [1.165, 1.54) is 5.56 Å². The van der Waals surface area contributed by atoms with Crippen molar-refractivity contribution in [3.63, 3.8) is 0 Å². The summed E-state index contributed by atoms with van der Waals surface area (Å²) in [7, 11) is 0. The molecule has 1 aliphatic heterocycles. The first-order chi connectivity index (χ1) is 14.1. The molecule has 0 fully saturated rings. The van der Waals surface area contributed by atoms with Crippen LogP contribution >= 0.6 is 11.8 Å². The summed E-state index contributed by atoms with van der Waals surface area (Å²) >= 11 is 1.60. The molecule has 1 N–H and O–H groups in total. The number of amides is 3.